The molecule has 8 N–H and O–H groups in total. The molecule has 1 saturated heterocycles. The third-order valence-electron chi connectivity index (χ3n) is 5.11. The van der Waals surface area contributed by atoms with Crippen LogP contribution in [0.3, 0.4) is 0 Å². The van der Waals surface area contributed by atoms with Gasteiger partial charge in [0.05, 0.1) is 24.1 Å². The molecule has 16 nitrogen and oxygen atoms in total. The van der Waals surface area contributed by atoms with Gasteiger partial charge in [-0.3, -0.25) is 14.2 Å². The summed E-state index contributed by atoms with van der Waals surface area (Å²) in [6, 6.07) is 2.76. The van der Waals surface area contributed by atoms with Crippen LogP contribution in [0.25, 0.3) is 11.2 Å². The number of hydrogen-bond donors (Lipinski definition) is 7. The van der Waals surface area contributed by atoms with Crippen molar-refractivity contribution in [2.75, 3.05) is 17.4 Å². The number of fused-ring (bicyclic) bond motifs is 1. The second-order valence-electron chi connectivity index (χ2n) is 7.47. The highest BCUT2D eigenvalue weighted by Gasteiger charge is 2.45. The zero-order valence-corrected chi connectivity index (χ0v) is 18.4. The van der Waals surface area contributed by atoms with E-state index in [9.17, 15) is 29.3 Å². The van der Waals surface area contributed by atoms with Crippen LogP contribution < -0.4 is 10.8 Å². The van der Waals surface area contributed by atoms with E-state index in [4.69, 9.17) is 25.2 Å². The molecule has 1 fully saturated rings. The number of anilines is 2. The van der Waals surface area contributed by atoms with Gasteiger partial charge in [0.2, 0.25) is 0 Å². The highest BCUT2D eigenvalue weighted by molar-refractivity contribution is 7.54. The normalized spacial score (nSPS) is 23.7. The van der Waals surface area contributed by atoms with Crippen LogP contribution in [0, 0.1) is 0 Å². The first-order valence-corrected chi connectivity index (χ1v) is 11.4. The van der Waals surface area contributed by atoms with Crippen LogP contribution in [0.15, 0.2) is 30.9 Å². The van der Waals surface area contributed by atoms with Crippen molar-refractivity contribution in [3.63, 3.8) is 0 Å². The number of rotatable bonds is 8. The lowest BCUT2D eigenvalue weighted by atomic mass is 10.1. The van der Waals surface area contributed by atoms with Crippen molar-refractivity contribution in [1.29, 1.82) is 0 Å². The number of aliphatic hydroxyl groups excluding tert-OH is 2. The standard InChI is InChI=1S/C18H19N6O10P/c19-14-11-15(21-5-20-14)24(6-22-11)16-13(26)12(25)10(34-16)4-33-35(31,32)23-9-2-7(17(27)28)1-8(3-9)18(29)30/h1-3,5-6,10,12-13,16,25-26H,4H2,(H,27,28)(H,29,30)(H2,19,20,21)(H2,23,31,32)/t10-,12-,13-,16-/m1/s1. The fraction of sp³-hybridized carbons (Fsp3) is 0.278. The molecule has 1 aliphatic heterocycles. The Labute approximate surface area is 195 Å². The minimum Gasteiger partial charge on any atom is -0.478 e. The Hall–Kier alpha value is -3.66. The van der Waals surface area contributed by atoms with Gasteiger partial charge >= 0.3 is 19.7 Å². The Morgan fingerprint density at radius 1 is 1.11 bits per heavy atom. The predicted octanol–water partition coefficient (Wildman–Crippen LogP) is -0.347. The molecular formula is C18H19N6O10P. The molecule has 2 aromatic heterocycles. The maximum Gasteiger partial charge on any atom is 0.430 e. The molecule has 0 radical (unpaired) electrons. The summed E-state index contributed by atoms with van der Waals surface area (Å²) in [7, 11) is -4.70. The van der Waals surface area contributed by atoms with Crippen molar-refractivity contribution in [3.05, 3.63) is 42.0 Å². The van der Waals surface area contributed by atoms with Gasteiger partial charge in [-0.15, -0.1) is 0 Å². The van der Waals surface area contributed by atoms with Crippen molar-refractivity contribution in [1.82, 2.24) is 19.5 Å². The molecule has 0 aliphatic carbocycles. The molecule has 17 heteroatoms. The fourth-order valence-electron chi connectivity index (χ4n) is 3.46. The molecule has 3 heterocycles. The first-order chi connectivity index (χ1) is 16.5. The van der Waals surface area contributed by atoms with E-state index < -0.39 is 62.0 Å². The molecule has 0 bridgehead atoms. The van der Waals surface area contributed by atoms with E-state index in [2.05, 4.69) is 15.0 Å². The first-order valence-electron chi connectivity index (χ1n) is 9.79. The summed E-state index contributed by atoms with van der Waals surface area (Å²) in [5, 5.41) is 41.1. The predicted molar refractivity (Wildman–Crippen MR) is 115 cm³/mol. The van der Waals surface area contributed by atoms with Gasteiger partial charge in [-0.25, -0.2) is 29.1 Å². The van der Waals surface area contributed by atoms with E-state index in [-0.39, 0.29) is 22.7 Å². The summed E-state index contributed by atoms with van der Waals surface area (Å²) in [5.41, 5.74) is 5.01. The number of aromatic carboxylic acids is 2. The minimum atomic E-state index is -4.70. The number of nitrogens with zero attached hydrogens (tertiary/aromatic N) is 4. The number of nitrogen functional groups attached to an aromatic ring is 1. The molecule has 4 rings (SSSR count). The van der Waals surface area contributed by atoms with E-state index in [0.717, 1.165) is 18.2 Å². The summed E-state index contributed by atoms with van der Waals surface area (Å²) < 4.78 is 24.4. The molecule has 35 heavy (non-hydrogen) atoms. The monoisotopic (exact) mass is 510 g/mol. The number of benzene rings is 1. The zero-order valence-electron chi connectivity index (χ0n) is 17.5. The highest BCUT2D eigenvalue weighted by Crippen LogP contribution is 2.44. The van der Waals surface area contributed by atoms with Gasteiger partial charge in [0, 0.05) is 5.69 Å². The van der Waals surface area contributed by atoms with Crippen LogP contribution in [0.1, 0.15) is 26.9 Å². The van der Waals surface area contributed by atoms with Gasteiger partial charge < -0.3 is 35.8 Å². The van der Waals surface area contributed by atoms with Crippen LogP contribution >= 0.6 is 7.75 Å². The summed E-state index contributed by atoms with van der Waals surface area (Å²) in [5.74, 6) is -2.82. The molecule has 0 saturated carbocycles. The van der Waals surface area contributed by atoms with Crippen LogP contribution in [0.2, 0.25) is 0 Å². The minimum absolute atomic E-state index is 0.0898. The lowest BCUT2D eigenvalue weighted by Crippen LogP contribution is -2.33. The number of carboxylic acids is 2. The quantitative estimate of drug-likeness (QED) is 0.191. The molecule has 5 atom stereocenters. The van der Waals surface area contributed by atoms with Crippen molar-refractivity contribution in [2.24, 2.45) is 0 Å². The maximum atomic E-state index is 12.5. The lowest BCUT2D eigenvalue weighted by Gasteiger charge is -2.19. The second-order valence-corrected chi connectivity index (χ2v) is 8.99. The molecule has 186 valence electrons. The Morgan fingerprint density at radius 2 is 1.77 bits per heavy atom. The van der Waals surface area contributed by atoms with Gasteiger partial charge in [-0.2, -0.15) is 0 Å². The maximum absolute atomic E-state index is 12.5. The fourth-order valence-corrected chi connectivity index (χ4v) is 4.33. The number of ether oxygens (including phenoxy) is 1. The summed E-state index contributed by atoms with van der Waals surface area (Å²) in [6.07, 6.45) is -3.04. The van der Waals surface area contributed by atoms with E-state index in [1.54, 1.807) is 0 Å². The van der Waals surface area contributed by atoms with Crippen molar-refractivity contribution in [3.8, 4) is 0 Å². The number of nitrogens with two attached hydrogens (primary N) is 1. The van der Waals surface area contributed by atoms with Gasteiger partial charge in [0.15, 0.2) is 17.7 Å². The number of carboxylic acid groups (broad SMARTS) is 2. The molecule has 1 unspecified atom stereocenters. The summed E-state index contributed by atoms with van der Waals surface area (Å²) in [6.45, 7) is -0.677. The Bertz CT molecular complexity index is 1320. The van der Waals surface area contributed by atoms with E-state index in [1.807, 2.05) is 5.09 Å². The van der Waals surface area contributed by atoms with Crippen LogP contribution in [-0.2, 0) is 13.8 Å². The van der Waals surface area contributed by atoms with Crippen molar-refractivity contribution < 1.29 is 48.7 Å². The van der Waals surface area contributed by atoms with Crippen LogP contribution in [-0.4, -0.2) is 81.7 Å². The number of hydrogen-bond acceptors (Lipinski definition) is 11. The van der Waals surface area contributed by atoms with E-state index >= 15 is 0 Å². The Morgan fingerprint density at radius 3 is 2.40 bits per heavy atom. The second kappa shape index (κ2) is 9.18. The summed E-state index contributed by atoms with van der Waals surface area (Å²) in [4.78, 5) is 44.5. The number of carbonyl (C=O) groups is 2. The lowest BCUT2D eigenvalue weighted by molar-refractivity contribution is -0.0483. The topological polar surface area (TPSA) is 252 Å². The molecule has 1 aromatic carbocycles. The number of nitrogens with one attached hydrogen (secondary N) is 1. The largest absolute Gasteiger partial charge is 0.478 e. The Balaban J connectivity index is 1.47. The van der Waals surface area contributed by atoms with E-state index in [0.29, 0.717) is 0 Å². The molecule has 0 amide bonds. The van der Waals surface area contributed by atoms with Gasteiger partial charge in [-0.1, -0.05) is 0 Å². The molecular weight excluding hydrogens is 491 g/mol. The van der Waals surface area contributed by atoms with Crippen molar-refractivity contribution in [2.45, 2.75) is 24.5 Å². The Kier molecular flexibility index (Phi) is 6.42. The van der Waals surface area contributed by atoms with Crippen LogP contribution in [0.4, 0.5) is 11.5 Å². The molecule has 0 spiro atoms. The molecule has 1 aliphatic rings. The highest BCUT2D eigenvalue weighted by atomic mass is 31.2. The van der Waals surface area contributed by atoms with Crippen LogP contribution in [0.5, 0.6) is 0 Å². The van der Waals surface area contributed by atoms with E-state index in [1.165, 1.54) is 17.2 Å². The summed E-state index contributed by atoms with van der Waals surface area (Å²) >= 11 is 0. The van der Waals surface area contributed by atoms with Gasteiger partial charge in [-0.05, 0) is 18.2 Å². The average molecular weight is 510 g/mol. The number of aliphatic hydroxyl groups is 2. The first kappa shape index (κ1) is 24.5. The van der Waals surface area contributed by atoms with Gasteiger partial charge in [0.1, 0.15) is 30.2 Å². The number of imidazole rings is 1. The SMILES string of the molecule is Nc1ncnc2c1ncn2[C@@H]1O[C@H](COP(=O)(O)Nc2cc(C(=O)O)cc(C(=O)O)c2)[C@@H](O)[C@H]1O. The average Bonchev–Trinajstić information content (AvgIpc) is 3.34. The smallest absolute Gasteiger partial charge is 0.430 e. The van der Waals surface area contributed by atoms with Gasteiger partial charge in [0.25, 0.3) is 0 Å². The molecule has 3 aromatic rings. The third kappa shape index (κ3) is 4.93. The van der Waals surface area contributed by atoms with Crippen molar-refractivity contribution >= 4 is 42.4 Å². The zero-order chi connectivity index (χ0) is 25.5. The third-order valence-corrected chi connectivity index (χ3v) is 6.15. The number of aromatic nitrogens is 4.